The Morgan fingerprint density at radius 3 is 2.72 bits per heavy atom. The van der Waals surface area contributed by atoms with E-state index in [1.807, 2.05) is 6.92 Å². The third-order valence-corrected chi connectivity index (χ3v) is 3.40. The van der Waals surface area contributed by atoms with Crippen molar-refractivity contribution in [2.75, 3.05) is 12.0 Å². The second-order valence-corrected chi connectivity index (χ2v) is 5.98. The maximum Gasteiger partial charge on any atom is 0.254 e. The molecule has 0 spiro atoms. The predicted octanol–water partition coefficient (Wildman–Crippen LogP) is 2.02. The quantitative estimate of drug-likeness (QED) is 0.890. The second-order valence-electron chi connectivity index (χ2n) is 4.42. The lowest BCUT2D eigenvalue weighted by Gasteiger charge is -2.13. The molecule has 1 rings (SSSR count). The molecule has 18 heavy (non-hydrogen) atoms. The zero-order valence-electron chi connectivity index (χ0n) is 10.8. The Morgan fingerprint density at radius 1 is 1.50 bits per heavy atom. The van der Waals surface area contributed by atoms with Gasteiger partial charge in [-0.3, -0.25) is 9.00 Å². The molecule has 0 bridgehead atoms. The monoisotopic (exact) mass is 271 g/mol. The van der Waals surface area contributed by atoms with Crippen LogP contribution >= 0.6 is 0 Å². The summed E-state index contributed by atoms with van der Waals surface area (Å²) >= 11 is 0. The van der Waals surface area contributed by atoms with E-state index in [-0.39, 0.29) is 11.6 Å². The first-order chi connectivity index (χ1) is 8.40. The van der Waals surface area contributed by atoms with Crippen LogP contribution in [-0.4, -0.2) is 28.2 Å². The van der Waals surface area contributed by atoms with Gasteiger partial charge in [-0.1, -0.05) is 6.07 Å². The highest BCUT2D eigenvalue weighted by atomic mass is 32.2. The van der Waals surface area contributed by atoms with Gasteiger partial charge in [0.15, 0.2) is 0 Å². The summed E-state index contributed by atoms with van der Waals surface area (Å²) in [5.41, 5.74) is 0.823. The van der Waals surface area contributed by atoms with Crippen molar-refractivity contribution in [2.45, 2.75) is 26.3 Å². The molecule has 0 aliphatic heterocycles. The van der Waals surface area contributed by atoms with Crippen molar-refractivity contribution in [3.63, 3.8) is 0 Å². The maximum atomic E-state index is 13.6. The molecule has 0 fully saturated rings. The van der Waals surface area contributed by atoms with Crippen molar-refractivity contribution in [2.24, 2.45) is 0 Å². The number of amides is 1. The molecule has 0 saturated heterocycles. The van der Waals surface area contributed by atoms with Gasteiger partial charge in [-0.25, -0.2) is 4.39 Å². The Kier molecular flexibility index (Phi) is 5.47. The lowest BCUT2D eigenvalue weighted by Crippen LogP contribution is -2.34. The zero-order valence-corrected chi connectivity index (χ0v) is 11.6. The number of aryl methyl sites for hydroxylation is 1. The van der Waals surface area contributed by atoms with E-state index < -0.39 is 22.5 Å². The molecule has 1 amide bonds. The molecule has 0 heterocycles. The van der Waals surface area contributed by atoms with Crippen molar-refractivity contribution in [3.8, 4) is 0 Å². The summed E-state index contributed by atoms with van der Waals surface area (Å²) in [6.07, 6.45) is 2.23. The van der Waals surface area contributed by atoms with E-state index in [4.69, 9.17) is 0 Å². The molecule has 1 aromatic carbocycles. The molecule has 0 aromatic heterocycles. The molecule has 1 aromatic rings. The minimum Gasteiger partial charge on any atom is -0.349 e. The Balaban J connectivity index is 2.62. The third-order valence-electron chi connectivity index (χ3n) is 2.59. The number of carbonyl (C=O) groups is 1. The fraction of sp³-hybridized carbons (Fsp3) is 0.462. The van der Waals surface area contributed by atoms with Crippen LogP contribution in [0.15, 0.2) is 18.2 Å². The van der Waals surface area contributed by atoms with E-state index in [0.29, 0.717) is 12.2 Å². The van der Waals surface area contributed by atoms with Crippen molar-refractivity contribution < 1.29 is 13.4 Å². The highest BCUT2D eigenvalue weighted by Crippen LogP contribution is 2.10. The molecule has 2 unspecified atom stereocenters. The standard InChI is InChI=1S/C13H18FNO2S/c1-9-4-5-11(12(14)8-9)13(16)15-10(2)6-7-18(3)17/h4-5,8,10H,6-7H2,1-3H3,(H,15,16). The van der Waals surface area contributed by atoms with Gasteiger partial charge in [0.05, 0.1) is 5.56 Å². The summed E-state index contributed by atoms with van der Waals surface area (Å²) in [6, 6.07) is 4.39. The van der Waals surface area contributed by atoms with Crippen LogP contribution in [0.4, 0.5) is 4.39 Å². The normalized spacial score (nSPS) is 14.0. The predicted molar refractivity (Wildman–Crippen MR) is 71.6 cm³/mol. The number of benzene rings is 1. The molecule has 0 aliphatic rings. The molecule has 100 valence electrons. The van der Waals surface area contributed by atoms with Crippen molar-refractivity contribution >= 4 is 16.7 Å². The van der Waals surface area contributed by atoms with Gasteiger partial charge in [0.25, 0.3) is 5.91 Å². The first-order valence-electron chi connectivity index (χ1n) is 5.77. The van der Waals surface area contributed by atoms with Crippen LogP contribution in [0.3, 0.4) is 0 Å². The average Bonchev–Trinajstić information content (AvgIpc) is 2.26. The fourth-order valence-corrected chi connectivity index (χ4v) is 2.21. The van der Waals surface area contributed by atoms with Crippen LogP contribution in [0.2, 0.25) is 0 Å². The van der Waals surface area contributed by atoms with E-state index in [0.717, 1.165) is 5.56 Å². The number of hydrogen-bond donors (Lipinski definition) is 1. The summed E-state index contributed by atoms with van der Waals surface area (Å²) in [4.78, 5) is 11.8. The topological polar surface area (TPSA) is 46.2 Å². The molecule has 2 atom stereocenters. The number of rotatable bonds is 5. The maximum absolute atomic E-state index is 13.6. The van der Waals surface area contributed by atoms with Gasteiger partial charge in [0, 0.05) is 28.9 Å². The van der Waals surface area contributed by atoms with Gasteiger partial charge in [0.2, 0.25) is 0 Å². The van der Waals surface area contributed by atoms with Gasteiger partial charge in [-0.2, -0.15) is 0 Å². The first kappa shape index (κ1) is 14.8. The molecular weight excluding hydrogens is 253 g/mol. The van der Waals surface area contributed by atoms with Gasteiger partial charge in [-0.15, -0.1) is 0 Å². The SMILES string of the molecule is Cc1ccc(C(=O)NC(C)CCS(C)=O)c(F)c1. The van der Waals surface area contributed by atoms with Crippen LogP contribution in [0.25, 0.3) is 0 Å². The van der Waals surface area contributed by atoms with Crippen LogP contribution in [0.1, 0.15) is 29.3 Å². The Labute approximate surface area is 109 Å². The second kappa shape index (κ2) is 6.64. The van der Waals surface area contributed by atoms with Crippen LogP contribution in [0, 0.1) is 12.7 Å². The average molecular weight is 271 g/mol. The number of nitrogens with one attached hydrogen (secondary N) is 1. The number of halogens is 1. The minimum atomic E-state index is -0.878. The minimum absolute atomic E-state index is 0.0464. The van der Waals surface area contributed by atoms with Crippen LogP contribution < -0.4 is 5.32 Å². The summed E-state index contributed by atoms with van der Waals surface area (Å²) in [5.74, 6) is -0.418. The van der Waals surface area contributed by atoms with Gasteiger partial charge >= 0.3 is 0 Å². The third kappa shape index (κ3) is 4.56. The number of carbonyl (C=O) groups excluding carboxylic acids is 1. The smallest absolute Gasteiger partial charge is 0.254 e. The van der Waals surface area contributed by atoms with E-state index in [9.17, 15) is 13.4 Å². The molecule has 5 heteroatoms. The first-order valence-corrected chi connectivity index (χ1v) is 7.50. The lowest BCUT2D eigenvalue weighted by molar-refractivity contribution is 0.0935. The summed E-state index contributed by atoms with van der Waals surface area (Å²) < 4.78 is 24.5. The van der Waals surface area contributed by atoms with Crippen molar-refractivity contribution in [3.05, 3.63) is 35.1 Å². The Hall–Kier alpha value is -1.23. The van der Waals surface area contributed by atoms with E-state index in [1.165, 1.54) is 12.1 Å². The molecule has 3 nitrogen and oxygen atoms in total. The lowest BCUT2D eigenvalue weighted by atomic mass is 10.1. The van der Waals surface area contributed by atoms with Crippen LogP contribution in [0.5, 0.6) is 0 Å². The van der Waals surface area contributed by atoms with Gasteiger partial charge in [0.1, 0.15) is 5.82 Å². The fourth-order valence-electron chi connectivity index (χ4n) is 1.52. The summed E-state index contributed by atoms with van der Waals surface area (Å²) in [7, 11) is -0.878. The van der Waals surface area contributed by atoms with E-state index >= 15 is 0 Å². The van der Waals surface area contributed by atoms with E-state index in [1.54, 1.807) is 19.2 Å². The van der Waals surface area contributed by atoms with Crippen molar-refractivity contribution in [1.82, 2.24) is 5.32 Å². The summed E-state index contributed by atoms with van der Waals surface area (Å²) in [5, 5.41) is 2.70. The highest BCUT2D eigenvalue weighted by Gasteiger charge is 2.14. The zero-order chi connectivity index (χ0) is 13.7. The van der Waals surface area contributed by atoms with E-state index in [2.05, 4.69) is 5.32 Å². The number of hydrogen-bond acceptors (Lipinski definition) is 2. The largest absolute Gasteiger partial charge is 0.349 e. The molecule has 0 aliphatic carbocycles. The molecule has 1 N–H and O–H groups in total. The van der Waals surface area contributed by atoms with Crippen LogP contribution in [-0.2, 0) is 10.8 Å². The molecule has 0 radical (unpaired) electrons. The Morgan fingerprint density at radius 2 is 2.17 bits per heavy atom. The van der Waals surface area contributed by atoms with Crippen molar-refractivity contribution in [1.29, 1.82) is 0 Å². The Bertz CT molecular complexity index is 462. The summed E-state index contributed by atoms with van der Waals surface area (Å²) in [6.45, 7) is 3.58. The van der Waals surface area contributed by atoms with Gasteiger partial charge < -0.3 is 5.32 Å². The highest BCUT2D eigenvalue weighted by molar-refractivity contribution is 7.84. The van der Waals surface area contributed by atoms with Gasteiger partial charge in [-0.05, 0) is 38.0 Å². The molecular formula is C13H18FNO2S. The molecule has 0 saturated carbocycles.